The molecular formula is C17H18ClFN2O4S. The molecule has 5 fully saturated rings. The molecule has 2 bridgehead atoms. The zero-order chi connectivity index (χ0) is 18.4. The number of ether oxygens (including phenoxy) is 1. The molecule has 1 amide bonds. The highest BCUT2D eigenvalue weighted by atomic mass is 35.5. The predicted octanol–water partition coefficient (Wildman–Crippen LogP) is 2.19. The van der Waals surface area contributed by atoms with E-state index in [4.69, 9.17) is 16.3 Å². The molecule has 5 atom stereocenters. The zero-order valence-corrected chi connectivity index (χ0v) is 15.6. The fraction of sp³-hybridized carbons (Fsp3) is 0.588. The number of hydrogen-bond acceptors (Lipinski definition) is 4. The van der Waals surface area contributed by atoms with Crippen molar-refractivity contribution >= 4 is 27.7 Å². The zero-order valence-electron chi connectivity index (χ0n) is 14.0. The number of carbonyl (C=O) groups excluding carboxylic acids is 1. The lowest BCUT2D eigenvalue weighted by atomic mass is 10.1. The standard InChI is InChI=1S/C17H18ClFN2O4S/c1-17-9-6-13(15(17)14(9)17)25-12-7-11(19)8(5-10(12)18)16(22)20-26(23,24)21-3-2-4-21/h5,7,9,13-15H,2-4,6H2,1H3,(H,20,22)/t9-,13+,14-,15?,17-/m0/s1. The highest BCUT2D eigenvalue weighted by Gasteiger charge is 2.90. The first-order valence-corrected chi connectivity index (χ1v) is 10.5. The Morgan fingerprint density at radius 3 is 2.62 bits per heavy atom. The summed E-state index contributed by atoms with van der Waals surface area (Å²) >= 11 is 6.17. The Morgan fingerprint density at radius 2 is 2.08 bits per heavy atom. The van der Waals surface area contributed by atoms with Crippen LogP contribution in [-0.2, 0) is 10.2 Å². The van der Waals surface area contributed by atoms with Gasteiger partial charge in [-0.25, -0.2) is 9.11 Å². The van der Waals surface area contributed by atoms with Crippen LogP contribution in [0.15, 0.2) is 12.1 Å². The van der Waals surface area contributed by atoms with E-state index in [2.05, 4.69) is 6.92 Å². The van der Waals surface area contributed by atoms with Crippen LogP contribution in [0.2, 0.25) is 5.02 Å². The molecule has 6 rings (SSSR count). The Labute approximate surface area is 155 Å². The number of fused-ring (bicyclic) bond motifs is 1. The van der Waals surface area contributed by atoms with Gasteiger partial charge in [-0.2, -0.15) is 12.7 Å². The van der Waals surface area contributed by atoms with Crippen molar-refractivity contribution in [3.8, 4) is 5.75 Å². The second kappa shape index (κ2) is 5.11. The summed E-state index contributed by atoms with van der Waals surface area (Å²) in [6.45, 7) is 2.95. The summed E-state index contributed by atoms with van der Waals surface area (Å²) in [7, 11) is -3.94. The third-order valence-corrected chi connectivity index (χ3v) is 8.43. The summed E-state index contributed by atoms with van der Waals surface area (Å²) in [5.41, 5.74) is 0.000500. The molecule has 1 saturated heterocycles. The fourth-order valence-electron chi connectivity index (χ4n) is 4.91. The number of benzene rings is 1. The van der Waals surface area contributed by atoms with Gasteiger partial charge in [-0.1, -0.05) is 18.5 Å². The molecule has 6 nitrogen and oxygen atoms in total. The van der Waals surface area contributed by atoms with Crippen LogP contribution in [0.3, 0.4) is 0 Å². The third-order valence-electron chi connectivity index (χ3n) is 6.65. The van der Waals surface area contributed by atoms with Crippen molar-refractivity contribution in [3.63, 3.8) is 0 Å². The number of carbonyl (C=O) groups is 1. The fourth-order valence-corrected chi connectivity index (χ4v) is 6.33. The van der Waals surface area contributed by atoms with Crippen molar-refractivity contribution in [3.05, 3.63) is 28.5 Å². The maximum atomic E-state index is 14.4. The number of hydrogen-bond donors (Lipinski definition) is 1. The first-order valence-electron chi connectivity index (χ1n) is 8.71. The van der Waals surface area contributed by atoms with E-state index in [0.29, 0.717) is 24.4 Å². The summed E-state index contributed by atoms with van der Waals surface area (Å²) in [6, 6.07) is 2.20. The maximum Gasteiger partial charge on any atom is 0.304 e. The average molecular weight is 401 g/mol. The Balaban J connectivity index is 1.32. The predicted molar refractivity (Wildman–Crippen MR) is 91.6 cm³/mol. The Kier molecular flexibility index (Phi) is 3.30. The van der Waals surface area contributed by atoms with Gasteiger partial charge < -0.3 is 4.74 Å². The maximum absolute atomic E-state index is 14.4. The molecule has 1 heterocycles. The molecule has 26 heavy (non-hydrogen) atoms. The monoisotopic (exact) mass is 400 g/mol. The summed E-state index contributed by atoms with van der Waals surface area (Å²) < 4.78 is 47.3. The minimum atomic E-state index is -3.94. The van der Waals surface area contributed by atoms with Gasteiger partial charge >= 0.3 is 10.2 Å². The largest absolute Gasteiger partial charge is 0.488 e. The van der Waals surface area contributed by atoms with Crippen LogP contribution < -0.4 is 9.46 Å². The van der Waals surface area contributed by atoms with Crippen molar-refractivity contribution in [2.24, 2.45) is 23.2 Å². The number of rotatable bonds is 5. The molecule has 1 aromatic rings. The SMILES string of the molecule is C[C@@]12C3[C@@H]1[C@@H]2C[C@H]3Oc1cc(F)c(C(=O)NS(=O)(=O)N2CCC2)cc1Cl. The van der Waals surface area contributed by atoms with Gasteiger partial charge in [-0.05, 0) is 36.2 Å². The lowest BCUT2D eigenvalue weighted by Crippen LogP contribution is -2.49. The smallest absolute Gasteiger partial charge is 0.304 e. The van der Waals surface area contributed by atoms with Crippen LogP contribution in [-0.4, -0.2) is 37.8 Å². The van der Waals surface area contributed by atoms with Crippen molar-refractivity contribution < 1.29 is 22.3 Å². The average Bonchev–Trinajstić information content (AvgIpc) is 3.12. The molecule has 1 unspecified atom stereocenters. The van der Waals surface area contributed by atoms with Crippen molar-refractivity contribution in [2.45, 2.75) is 25.9 Å². The first-order chi connectivity index (χ1) is 12.2. The summed E-state index contributed by atoms with van der Waals surface area (Å²) in [5, 5.41) is 0.0992. The molecule has 140 valence electrons. The van der Waals surface area contributed by atoms with Gasteiger partial charge in [0.2, 0.25) is 0 Å². The molecule has 4 saturated carbocycles. The quantitative estimate of drug-likeness (QED) is 0.822. The lowest BCUT2D eigenvalue weighted by molar-refractivity contribution is 0.0973. The van der Waals surface area contributed by atoms with Crippen molar-refractivity contribution in [1.82, 2.24) is 9.03 Å². The van der Waals surface area contributed by atoms with E-state index in [0.717, 1.165) is 41.1 Å². The molecule has 5 aliphatic rings. The number of halogens is 2. The van der Waals surface area contributed by atoms with E-state index < -0.39 is 27.5 Å². The normalized spacial score (nSPS) is 36.9. The Bertz CT molecular complexity index is 929. The molecular weight excluding hydrogens is 383 g/mol. The van der Waals surface area contributed by atoms with Crippen LogP contribution >= 0.6 is 11.6 Å². The molecule has 1 aliphatic heterocycles. The molecule has 4 aliphatic carbocycles. The molecule has 0 radical (unpaired) electrons. The second-order valence-electron chi connectivity index (χ2n) is 7.87. The van der Waals surface area contributed by atoms with E-state index >= 15 is 0 Å². The van der Waals surface area contributed by atoms with Gasteiger partial charge in [0.1, 0.15) is 17.7 Å². The number of nitrogens with one attached hydrogen (secondary N) is 1. The van der Waals surface area contributed by atoms with Gasteiger partial charge in [0.15, 0.2) is 0 Å². The first kappa shape index (κ1) is 16.8. The Hall–Kier alpha value is -1.38. The molecule has 1 N–H and O–H groups in total. The van der Waals surface area contributed by atoms with Crippen LogP contribution in [0.4, 0.5) is 4.39 Å². The van der Waals surface area contributed by atoms with Gasteiger partial charge in [-0.3, -0.25) is 4.79 Å². The van der Waals surface area contributed by atoms with Gasteiger partial charge in [-0.15, -0.1) is 0 Å². The van der Waals surface area contributed by atoms with Crippen molar-refractivity contribution in [1.29, 1.82) is 0 Å². The number of nitrogens with zero attached hydrogens (tertiary/aromatic N) is 1. The highest BCUT2D eigenvalue weighted by Crippen LogP contribution is 2.91. The van der Waals surface area contributed by atoms with Crippen LogP contribution in [0, 0.1) is 29.0 Å². The third kappa shape index (κ3) is 2.18. The lowest BCUT2D eigenvalue weighted by Gasteiger charge is -2.29. The molecule has 9 heteroatoms. The van der Waals surface area contributed by atoms with Gasteiger partial charge in [0.25, 0.3) is 5.91 Å². The van der Waals surface area contributed by atoms with Crippen LogP contribution in [0.25, 0.3) is 0 Å². The molecule has 0 aromatic heterocycles. The van der Waals surface area contributed by atoms with Crippen molar-refractivity contribution in [2.75, 3.05) is 13.1 Å². The minimum Gasteiger partial charge on any atom is -0.488 e. The molecule has 1 aromatic carbocycles. The van der Waals surface area contributed by atoms with E-state index in [1.807, 2.05) is 4.72 Å². The van der Waals surface area contributed by atoms with E-state index in [-0.39, 0.29) is 16.9 Å². The van der Waals surface area contributed by atoms with E-state index in [1.165, 1.54) is 0 Å². The number of amides is 1. The second-order valence-corrected chi connectivity index (χ2v) is 9.95. The highest BCUT2D eigenvalue weighted by molar-refractivity contribution is 7.87. The van der Waals surface area contributed by atoms with Crippen LogP contribution in [0.5, 0.6) is 5.75 Å². The minimum absolute atomic E-state index is 0.0402. The summed E-state index contributed by atoms with van der Waals surface area (Å²) in [6.07, 6.45) is 1.74. The van der Waals surface area contributed by atoms with Gasteiger partial charge in [0.05, 0.1) is 10.6 Å². The topological polar surface area (TPSA) is 75.7 Å². The summed E-state index contributed by atoms with van der Waals surface area (Å²) in [4.78, 5) is 12.2. The van der Waals surface area contributed by atoms with Crippen LogP contribution in [0.1, 0.15) is 30.1 Å². The van der Waals surface area contributed by atoms with E-state index in [1.54, 1.807) is 0 Å². The molecule has 0 spiro atoms. The van der Waals surface area contributed by atoms with E-state index in [9.17, 15) is 17.6 Å². The van der Waals surface area contributed by atoms with Gasteiger partial charge in [0, 0.05) is 25.1 Å². The Morgan fingerprint density at radius 1 is 1.38 bits per heavy atom. The summed E-state index contributed by atoms with van der Waals surface area (Å²) in [5.74, 6) is 0.293.